The van der Waals surface area contributed by atoms with Gasteiger partial charge < -0.3 is 33.5 Å². The second kappa shape index (κ2) is 36.0. The lowest BCUT2D eigenvalue weighted by atomic mass is 10.2. The fourth-order valence-electron chi connectivity index (χ4n) is 2.34. The fraction of sp³-hybridized carbons (Fsp3) is 1.00. The maximum Gasteiger partial charge on any atom is 0.0701 e. The van der Waals surface area contributed by atoms with Crippen LogP contribution in [-0.2, 0) is 28.4 Å². The molecule has 0 aliphatic carbocycles. The van der Waals surface area contributed by atoms with Crippen LogP contribution in [-0.4, -0.2) is 95.4 Å². The van der Waals surface area contributed by atoms with Gasteiger partial charge >= 0.3 is 0 Å². The van der Waals surface area contributed by atoms with Crippen LogP contribution in [0.15, 0.2) is 0 Å². The van der Waals surface area contributed by atoms with E-state index in [0.717, 1.165) is 58.5 Å². The summed E-state index contributed by atoms with van der Waals surface area (Å²) in [5, 5.41) is 8.55. The van der Waals surface area contributed by atoms with Crippen molar-refractivity contribution in [2.45, 2.75) is 65.2 Å². The van der Waals surface area contributed by atoms with Gasteiger partial charge in [0.05, 0.1) is 52.9 Å². The largest absolute Gasteiger partial charge is 0.396 e. The minimum Gasteiger partial charge on any atom is -0.396 e. The summed E-state index contributed by atoms with van der Waals surface area (Å²) in [6.45, 7) is 13.1. The van der Waals surface area contributed by atoms with Crippen LogP contribution in [0.2, 0.25) is 0 Å². The summed E-state index contributed by atoms with van der Waals surface area (Å²) >= 11 is 2.41. The number of aliphatic hydroxyl groups is 1. The number of aliphatic hydroxyl groups excluding tert-OH is 1. The number of ether oxygens (including phenoxy) is 6. The van der Waals surface area contributed by atoms with E-state index in [1.54, 1.807) is 0 Å². The molecule has 8 heteroatoms. The standard InChI is InChI=1S/C12H25IO3.C12H26O4/c2*1-2-7-14-9-11-16-12-10-15-8-5-3-4-6-13/h2-12H2,1H3;13H,2-12H2,1H3. The minimum atomic E-state index is 0.279. The van der Waals surface area contributed by atoms with E-state index in [2.05, 4.69) is 36.4 Å². The molecule has 7 nitrogen and oxygen atoms in total. The number of halogens is 1. The molecule has 0 atom stereocenters. The Kier molecular flexibility index (Phi) is 39.0. The van der Waals surface area contributed by atoms with Crippen LogP contribution in [0.1, 0.15) is 65.2 Å². The van der Waals surface area contributed by atoms with E-state index in [4.69, 9.17) is 33.5 Å². The van der Waals surface area contributed by atoms with Crippen molar-refractivity contribution >= 4 is 22.6 Å². The number of unbranched alkanes of at least 4 members (excludes halogenated alkanes) is 4. The van der Waals surface area contributed by atoms with E-state index in [9.17, 15) is 0 Å². The molecule has 0 aliphatic rings. The van der Waals surface area contributed by atoms with Crippen molar-refractivity contribution < 1.29 is 33.5 Å². The number of alkyl halides is 1. The van der Waals surface area contributed by atoms with E-state index >= 15 is 0 Å². The summed E-state index contributed by atoms with van der Waals surface area (Å²) in [4.78, 5) is 0. The first-order valence-electron chi connectivity index (χ1n) is 12.5. The molecule has 1 N–H and O–H groups in total. The monoisotopic (exact) mass is 578 g/mol. The Morgan fingerprint density at radius 2 is 0.781 bits per heavy atom. The molecule has 0 radical (unpaired) electrons. The average molecular weight is 579 g/mol. The van der Waals surface area contributed by atoms with Gasteiger partial charge in [0.1, 0.15) is 0 Å². The third-order valence-corrected chi connectivity index (χ3v) is 4.82. The van der Waals surface area contributed by atoms with Gasteiger partial charge in [0.25, 0.3) is 0 Å². The Morgan fingerprint density at radius 1 is 0.438 bits per heavy atom. The fourth-order valence-corrected chi connectivity index (χ4v) is 2.88. The lowest BCUT2D eigenvalue weighted by molar-refractivity contribution is 0.0139. The van der Waals surface area contributed by atoms with Crippen LogP contribution in [0, 0.1) is 0 Å². The molecule has 0 amide bonds. The maximum atomic E-state index is 8.55. The second-order valence-corrected chi connectivity index (χ2v) is 8.29. The minimum absolute atomic E-state index is 0.279. The van der Waals surface area contributed by atoms with E-state index < -0.39 is 0 Å². The summed E-state index contributed by atoms with van der Waals surface area (Å²) in [5.74, 6) is 0. The lowest BCUT2D eigenvalue weighted by Gasteiger charge is -2.06. The molecule has 0 spiro atoms. The van der Waals surface area contributed by atoms with Crippen LogP contribution < -0.4 is 0 Å². The third-order valence-electron chi connectivity index (χ3n) is 4.05. The molecular formula is C24H51IO7. The highest BCUT2D eigenvalue weighted by molar-refractivity contribution is 14.1. The molecule has 0 rings (SSSR count). The van der Waals surface area contributed by atoms with E-state index in [1.807, 2.05) is 0 Å². The molecule has 0 bridgehead atoms. The van der Waals surface area contributed by atoms with Crippen LogP contribution in [0.25, 0.3) is 0 Å². The molecule has 32 heavy (non-hydrogen) atoms. The molecule has 0 aromatic carbocycles. The van der Waals surface area contributed by atoms with Crippen LogP contribution in [0.4, 0.5) is 0 Å². The lowest BCUT2D eigenvalue weighted by Crippen LogP contribution is -2.10. The molecule has 0 aliphatic heterocycles. The molecule has 0 saturated carbocycles. The van der Waals surface area contributed by atoms with Crippen molar-refractivity contribution in [1.82, 2.24) is 0 Å². The van der Waals surface area contributed by atoms with Crippen molar-refractivity contribution in [2.24, 2.45) is 0 Å². The molecular weight excluding hydrogens is 527 g/mol. The number of rotatable bonds is 26. The third kappa shape index (κ3) is 37.7. The van der Waals surface area contributed by atoms with Crippen molar-refractivity contribution in [2.75, 3.05) is 90.3 Å². The first-order chi connectivity index (χ1) is 15.8. The zero-order chi connectivity index (χ0) is 23.8. The predicted molar refractivity (Wildman–Crippen MR) is 139 cm³/mol. The van der Waals surface area contributed by atoms with E-state index in [-0.39, 0.29) is 6.61 Å². The quantitative estimate of drug-likeness (QED) is 0.0910. The zero-order valence-corrected chi connectivity index (χ0v) is 23.0. The molecule has 0 unspecified atom stereocenters. The van der Waals surface area contributed by atoms with Crippen LogP contribution in [0.5, 0.6) is 0 Å². The van der Waals surface area contributed by atoms with E-state index in [0.29, 0.717) is 52.9 Å². The summed E-state index contributed by atoms with van der Waals surface area (Å²) in [5.41, 5.74) is 0. The summed E-state index contributed by atoms with van der Waals surface area (Å²) in [7, 11) is 0. The van der Waals surface area contributed by atoms with Gasteiger partial charge in [-0.2, -0.15) is 0 Å². The molecule has 0 saturated heterocycles. The Labute approximate surface area is 211 Å². The average Bonchev–Trinajstić information content (AvgIpc) is 2.81. The highest BCUT2D eigenvalue weighted by atomic mass is 127. The van der Waals surface area contributed by atoms with Crippen molar-refractivity contribution in [3.8, 4) is 0 Å². The molecule has 0 heterocycles. The van der Waals surface area contributed by atoms with Gasteiger partial charge in [-0.05, 0) is 49.4 Å². The smallest absolute Gasteiger partial charge is 0.0701 e. The summed E-state index contributed by atoms with van der Waals surface area (Å²) in [6, 6.07) is 0. The predicted octanol–water partition coefficient (Wildman–Crippen LogP) is 4.66. The SMILES string of the molecule is CCCOCCOCCOCCCCCI.CCCOCCOCCOCCCCCO. The molecule has 0 aromatic heterocycles. The molecule has 196 valence electrons. The number of hydrogen-bond acceptors (Lipinski definition) is 7. The second-order valence-electron chi connectivity index (χ2n) is 7.21. The van der Waals surface area contributed by atoms with Gasteiger partial charge in [-0.1, -0.05) is 42.9 Å². The van der Waals surface area contributed by atoms with Crippen molar-refractivity contribution in [3.63, 3.8) is 0 Å². The first-order valence-corrected chi connectivity index (χ1v) is 14.0. The van der Waals surface area contributed by atoms with Gasteiger partial charge in [-0.3, -0.25) is 0 Å². The number of hydrogen-bond donors (Lipinski definition) is 1. The van der Waals surface area contributed by atoms with Crippen molar-refractivity contribution in [1.29, 1.82) is 0 Å². The van der Waals surface area contributed by atoms with Gasteiger partial charge in [0.2, 0.25) is 0 Å². The Balaban J connectivity index is 0. The van der Waals surface area contributed by atoms with E-state index in [1.165, 1.54) is 23.7 Å². The van der Waals surface area contributed by atoms with Crippen LogP contribution in [0.3, 0.4) is 0 Å². The van der Waals surface area contributed by atoms with Crippen LogP contribution >= 0.6 is 22.6 Å². The van der Waals surface area contributed by atoms with Crippen molar-refractivity contribution in [3.05, 3.63) is 0 Å². The van der Waals surface area contributed by atoms with Gasteiger partial charge in [-0.25, -0.2) is 0 Å². The van der Waals surface area contributed by atoms with Gasteiger partial charge in [0.15, 0.2) is 0 Å². The molecule has 0 aromatic rings. The summed E-state index contributed by atoms with van der Waals surface area (Å²) in [6.07, 6.45) is 8.78. The van der Waals surface area contributed by atoms with Gasteiger partial charge in [-0.15, -0.1) is 0 Å². The normalized spacial score (nSPS) is 10.9. The first kappa shape index (κ1) is 34.6. The Bertz CT molecular complexity index is 244. The highest BCUT2D eigenvalue weighted by Crippen LogP contribution is 1.99. The van der Waals surface area contributed by atoms with Gasteiger partial charge in [0, 0.05) is 33.0 Å². The maximum absolute atomic E-state index is 8.55. The molecule has 0 fully saturated rings. The topological polar surface area (TPSA) is 75.6 Å². The zero-order valence-electron chi connectivity index (χ0n) is 20.8. The highest BCUT2D eigenvalue weighted by Gasteiger charge is 1.93. The Hall–Kier alpha value is 0.450. The summed E-state index contributed by atoms with van der Waals surface area (Å²) < 4.78 is 33.3. The Morgan fingerprint density at radius 3 is 1.12 bits per heavy atom.